The molecular formula is C17H24F3N. The summed E-state index contributed by atoms with van der Waals surface area (Å²) in [5.74, 6) is -2.31. The molecule has 1 aliphatic rings. The maximum absolute atomic E-state index is 14.2. The van der Waals surface area contributed by atoms with E-state index in [9.17, 15) is 13.2 Å². The van der Waals surface area contributed by atoms with Gasteiger partial charge >= 0.3 is 0 Å². The Hall–Kier alpha value is -1.03. The van der Waals surface area contributed by atoms with E-state index < -0.39 is 23.5 Å². The maximum atomic E-state index is 14.2. The molecule has 2 unspecified atom stereocenters. The number of rotatable bonds is 4. The minimum atomic E-state index is -0.869. The Morgan fingerprint density at radius 1 is 1.19 bits per heavy atom. The molecule has 1 saturated carbocycles. The maximum Gasteiger partial charge on any atom is 0.133 e. The predicted octanol–water partition coefficient (Wildman–Crippen LogP) is 4.97. The monoisotopic (exact) mass is 299 g/mol. The second kappa shape index (κ2) is 6.39. The van der Waals surface area contributed by atoms with Crippen molar-refractivity contribution in [3.8, 4) is 0 Å². The zero-order valence-electron chi connectivity index (χ0n) is 13.0. The van der Waals surface area contributed by atoms with E-state index in [4.69, 9.17) is 0 Å². The van der Waals surface area contributed by atoms with Crippen LogP contribution < -0.4 is 5.32 Å². The van der Waals surface area contributed by atoms with Crippen LogP contribution in [0, 0.1) is 28.8 Å². The van der Waals surface area contributed by atoms with Gasteiger partial charge in [-0.05, 0) is 30.7 Å². The molecule has 2 rings (SSSR count). The van der Waals surface area contributed by atoms with Crippen LogP contribution in [-0.2, 0) is 0 Å². The van der Waals surface area contributed by atoms with Gasteiger partial charge in [0.25, 0.3) is 0 Å². The van der Waals surface area contributed by atoms with Crippen molar-refractivity contribution in [2.45, 2.75) is 52.5 Å². The first-order valence-electron chi connectivity index (χ1n) is 7.74. The fourth-order valence-corrected chi connectivity index (χ4v) is 3.65. The highest BCUT2D eigenvalue weighted by Crippen LogP contribution is 2.47. The van der Waals surface area contributed by atoms with E-state index in [-0.39, 0.29) is 16.9 Å². The van der Waals surface area contributed by atoms with E-state index in [0.717, 1.165) is 37.8 Å². The van der Waals surface area contributed by atoms with E-state index in [0.29, 0.717) is 6.54 Å². The lowest BCUT2D eigenvalue weighted by Crippen LogP contribution is -2.40. The van der Waals surface area contributed by atoms with Crippen LogP contribution >= 0.6 is 0 Å². The average Bonchev–Trinajstić information content (AvgIpc) is 2.36. The summed E-state index contributed by atoms with van der Waals surface area (Å²) < 4.78 is 41.5. The van der Waals surface area contributed by atoms with Crippen molar-refractivity contribution in [3.63, 3.8) is 0 Å². The smallest absolute Gasteiger partial charge is 0.133 e. The van der Waals surface area contributed by atoms with Gasteiger partial charge in [-0.1, -0.05) is 33.6 Å². The van der Waals surface area contributed by atoms with Crippen LogP contribution in [0.5, 0.6) is 0 Å². The summed E-state index contributed by atoms with van der Waals surface area (Å²) in [6, 6.07) is 1.14. The first kappa shape index (κ1) is 16.3. The highest BCUT2D eigenvalue weighted by atomic mass is 19.1. The molecule has 2 atom stereocenters. The zero-order valence-corrected chi connectivity index (χ0v) is 13.0. The summed E-state index contributed by atoms with van der Waals surface area (Å²) in [5.41, 5.74) is -0.00328. The number of nitrogens with one attached hydrogen (secondary N) is 1. The second-order valence-electron chi connectivity index (χ2n) is 6.66. The number of hydrogen-bond acceptors (Lipinski definition) is 1. The van der Waals surface area contributed by atoms with Crippen molar-refractivity contribution in [1.82, 2.24) is 5.32 Å². The Labute approximate surface area is 124 Å². The molecule has 0 heterocycles. The minimum Gasteiger partial charge on any atom is -0.310 e. The van der Waals surface area contributed by atoms with Gasteiger partial charge in [-0.2, -0.15) is 0 Å². The fourth-order valence-electron chi connectivity index (χ4n) is 3.65. The van der Waals surface area contributed by atoms with Crippen LogP contribution in [0.15, 0.2) is 12.1 Å². The molecule has 0 spiro atoms. The van der Waals surface area contributed by atoms with Gasteiger partial charge in [0, 0.05) is 23.7 Å². The minimum absolute atomic E-state index is 0.0123. The van der Waals surface area contributed by atoms with Crippen molar-refractivity contribution in [2.24, 2.45) is 11.3 Å². The van der Waals surface area contributed by atoms with Gasteiger partial charge in [0.1, 0.15) is 17.5 Å². The second-order valence-corrected chi connectivity index (χ2v) is 6.66. The van der Waals surface area contributed by atoms with Crippen LogP contribution in [0.25, 0.3) is 0 Å². The molecule has 0 saturated heterocycles. The normalized spacial score (nSPS) is 23.0. The topological polar surface area (TPSA) is 12.0 Å². The van der Waals surface area contributed by atoms with Gasteiger partial charge in [0.2, 0.25) is 0 Å². The van der Waals surface area contributed by atoms with Gasteiger partial charge in [0.15, 0.2) is 0 Å². The molecule has 0 aromatic heterocycles. The number of hydrogen-bond donors (Lipinski definition) is 1. The molecule has 1 fully saturated rings. The Bertz CT molecular complexity index is 476. The van der Waals surface area contributed by atoms with E-state index in [2.05, 4.69) is 19.2 Å². The Balaban J connectivity index is 2.44. The molecule has 0 amide bonds. The molecule has 1 N–H and O–H groups in total. The van der Waals surface area contributed by atoms with Gasteiger partial charge in [-0.25, -0.2) is 13.2 Å². The molecular weight excluding hydrogens is 275 g/mol. The van der Waals surface area contributed by atoms with Crippen molar-refractivity contribution in [2.75, 3.05) is 6.54 Å². The van der Waals surface area contributed by atoms with Crippen molar-refractivity contribution in [3.05, 3.63) is 35.1 Å². The lowest BCUT2D eigenvalue weighted by Gasteiger charge is -2.43. The van der Waals surface area contributed by atoms with Crippen molar-refractivity contribution >= 4 is 0 Å². The largest absolute Gasteiger partial charge is 0.310 e. The lowest BCUT2D eigenvalue weighted by atomic mass is 9.64. The standard InChI is InChI=1S/C17H24F3N/c1-4-21-16(12-7-5-6-8-17(12,2)3)15-13(19)9-11(18)10-14(15)20/h9-10,12,16,21H,4-8H2,1-3H3. The van der Waals surface area contributed by atoms with Gasteiger partial charge in [0.05, 0.1) is 0 Å². The third-order valence-corrected chi connectivity index (χ3v) is 4.77. The molecule has 1 aromatic carbocycles. The fraction of sp³-hybridized carbons (Fsp3) is 0.647. The Morgan fingerprint density at radius 2 is 1.81 bits per heavy atom. The summed E-state index contributed by atoms with van der Waals surface area (Å²) in [5, 5.41) is 3.22. The zero-order chi connectivity index (χ0) is 15.6. The first-order chi connectivity index (χ1) is 9.86. The van der Waals surface area contributed by atoms with Gasteiger partial charge in [-0.3, -0.25) is 0 Å². The number of halogens is 3. The summed E-state index contributed by atoms with van der Waals surface area (Å²) in [6.45, 7) is 6.84. The molecule has 21 heavy (non-hydrogen) atoms. The molecule has 4 heteroatoms. The third kappa shape index (κ3) is 3.42. The molecule has 0 radical (unpaired) electrons. The van der Waals surface area contributed by atoms with Crippen molar-refractivity contribution in [1.29, 1.82) is 0 Å². The average molecular weight is 299 g/mol. The molecule has 0 bridgehead atoms. The number of benzene rings is 1. The molecule has 0 aliphatic heterocycles. The van der Waals surface area contributed by atoms with Crippen LogP contribution in [0.2, 0.25) is 0 Å². The summed E-state index contributed by atoms with van der Waals surface area (Å²) >= 11 is 0. The van der Waals surface area contributed by atoms with E-state index >= 15 is 0 Å². The van der Waals surface area contributed by atoms with E-state index in [1.54, 1.807) is 0 Å². The van der Waals surface area contributed by atoms with Crippen LogP contribution in [0.3, 0.4) is 0 Å². The van der Waals surface area contributed by atoms with Gasteiger partial charge in [-0.15, -0.1) is 0 Å². The lowest BCUT2D eigenvalue weighted by molar-refractivity contribution is 0.0958. The quantitative estimate of drug-likeness (QED) is 0.827. The highest BCUT2D eigenvalue weighted by molar-refractivity contribution is 5.25. The summed E-state index contributed by atoms with van der Waals surface area (Å²) in [4.78, 5) is 0. The predicted molar refractivity (Wildman–Crippen MR) is 78.5 cm³/mol. The van der Waals surface area contributed by atoms with Crippen molar-refractivity contribution < 1.29 is 13.2 Å². The molecule has 1 aliphatic carbocycles. The summed E-state index contributed by atoms with van der Waals surface area (Å²) in [7, 11) is 0. The van der Waals surface area contributed by atoms with Crippen LogP contribution in [0.1, 0.15) is 58.1 Å². The SMILES string of the molecule is CCNC(c1c(F)cc(F)cc1F)C1CCCCC1(C)C. The highest BCUT2D eigenvalue weighted by Gasteiger charge is 2.39. The molecule has 1 aromatic rings. The van der Waals surface area contributed by atoms with E-state index in [1.165, 1.54) is 0 Å². The first-order valence-corrected chi connectivity index (χ1v) is 7.74. The Kier molecular flexibility index (Phi) is 4.97. The van der Waals surface area contributed by atoms with Crippen LogP contribution in [0.4, 0.5) is 13.2 Å². The third-order valence-electron chi connectivity index (χ3n) is 4.77. The van der Waals surface area contributed by atoms with Crippen LogP contribution in [-0.4, -0.2) is 6.54 Å². The van der Waals surface area contributed by atoms with E-state index in [1.807, 2.05) is 6.92 Å². The van der Waals surface area contributed by atoms with Gasteiger partial charge < -0.3 is 5.32 Å². The molecule has 1 nitrogen and oxygen atoms in total. The summed E-state index contributed by atoms with van der Waals surface area (Å²) in [6.07, 6.45) is 4.20. The molecule has 118 valence electrons. The Morgan fingerprint density at radius 3 is 2.33 bits per heavy atom.